The highest BCUT2D eigenvalue weighted by molar-refractivity contribution is 5.79. The molecule has 94 valence electrons. The fourth-order valence-corrected chi connectivity index (χ4v) is 2.09. The zero-order chi connectivity index (χ0) is 11.9. The zero-order valence-corrected chi connectivity index (χ0v) is 9.97. The normalized spacial score (nSPS) is 17.4. The minimum absolute atomic E-state index is 0.526. The second-order valence-corrected chi connectivity index (χ2v) is 4.30. The van der Waals surface area contributed by atoms with Crippen LogP contribution in [0, 0.1) is 0 Å². The lowest BCUT2D eigenvalue weighted by Crippen LogP contribution is -2.45. The van der Waals surface area contributed by atoms with Crippen molar-refractivity contribution in [2.75, 3.05) is 6.54 Å². The van der Waals surface area contributed by atoms with E-state index in [1.807, 2.05) is 10.8 Å². The van der Waals surface area contributed by atoms with Crippen LogP contribution in [0.3, 0.4) is 0 Å². The lowest BCUT2D eigenvalue weighted by molar-refractivity contribution is 0.610. The van der Waals surface area contributed by atoms with Crippen molar-refractivity contribution in [1.82, 2.24) is 20.3 Å². The summed E-state index contributed by atoms with van der Waals surface area (Å²) in [5, 5.41) is 3.33. The lowest BCUT2D eigenvalue weighted by atomic mass is 10.2. The molecule has 0 aromatic carbocycles. The summed E-state index contributed by atoms with van der Waals surface area (Å²) in [5.41, 5.74) is 2.62. The molecule has 17 heavy (non-hydrogen) atoms. The van der Waals surface area contributed by atoms with E-state index in [9.17, 15) is 0 Å². The lowest BCUT2D eigenvalue weighted by Gasteiger charge is -2.14. The predicted octanol–water partition coefficient (Wildman–Crippen LogP) is 0.235. The van der Waals surface area contributed by atoms with Crippen LogP contribution in [0.25, 0.3) is 0 Å². The standard InChI is InChI=1S/C11H20N6/c12-16-11(15-10-3-1-2-4-10)14-6-8-17-7-5-13-9-17/h5,7,9-10H,1-4,6,8,12H2,(H2,14,15,16). The van der Waals surface area contributed by atoms with Crippen LogP contribution < -0.4 is 16.6 Å². The molecule has 1 aromatic heterocycles. The van der Waals surface area contributed by atoms with Crippen LogP contribution >= 0.6 is 0 Å². The molecular weight excluding hydrogens is 216 g/mol. The molecule has 2 rings (SSSR count). The van der Waals surface area contributed by atoms with Crippen LogP contribution in [0.15, 0.2) is 23.7 Å². The average molecular weight is 236 g/mol. The summed E-state index contributed by atoms with van der Waals surface area (Å²) < 4.78 is 1.99. The number of hydrogen-bond acceptors (Lipinski definition) is 3. The van der Waals surface area contributed by atoms with Gasteiger partial charge in [-0.25, -0.2) is 10.8 Å². The van der Waals surface area contributed by atoms with Gasteiger partial charge in [-0.2, -0.15) is 0 Å². The Kier molecular flexibility index (Phi) is 4.37. The third kappa shape index (κ3) is 3.74. The summed E-state index contributed by atoms with van der Waals surface area (Å²) in [6.45, 7) is 1.51. The van der Waals surface area contributed by atoms with Gasteiger partial charge < -0.3 is 9.88 Å². The highest BCUT2D eigenvalue weighted by Gasteiger charge is 2.15. The van der Waals surface area contributed by atoms with Crippen molar-refractivity contribution < 1.29 is 0 Å². The van der Waals surface area contributed by atoms with Crippen molar-refractivity contribution in [1.29, 1.82) is 0 Å². The van der Waals surface area contributed by atoms with E-state index in [-0.39, 0.29) is 0 Å². The van der Waals surface area contributed by atoms with Crippen LogP contribution in [0.5, 0.6) is 0 Å². The van der Waals surface area contributed by atoms with Crippen LogP contribution in [0.4, 0.5) is 0 Å². The zero-order valence-electron chi connectivity index (χ0n) is 9.97. The third-order valence-corrected chi connectivity index (χ3v) is 3.02. The highest BCUT2D eigenvalue weighted by Crippen LogP contribution is 2.17. The van der Waals surface area contributed by atoms with E-state index >= 15 is 0 Å². The van der Waals surface area contributed by atoms with E-state index in [4.69, 9.17) is 5.84 Å². The number of nitrogens with zero attached hydrogens (tertiary/aromatic N) is 3. The highest BCUT2D eigenvalue weighted by atomic mass is 15.3. The van der Waals surface area contributed by atoms with E-state index in [1.165, 1.54) is 25.7 Å². The van der Waals surface area contributed by atoms with E-state index < -0.39 is 0 Å². The molecule has 0 saturated heterocycles. The fourth-order valence-electron chi connectivity index (χ4n) is 2.09. The maximum atomic E-state index is 5.45. The Morgan fingerprint density at radius 2 is 2.29 bits per heavy atom. The van der Waals surface area contributed by atoms with Crippen molar-refractivity contribution >= 4 is 5.96 Å². The first kappa shape index (κ1) is 11.9. The SMILES string of the molecule is NNC(=NCCn1ccnc1)NC1CCCC1. The first-order chi connectivity index (χ1) is 8.38. The molecule has 0 amide bonds. The minimum atomic E-state index is 0.526. The Hall–Kier alpha value is -1.56. The fraction of sp³-hybridized carbons (Fsp3) is 0.636. The molecular formula is C11H20N6. The number of aromatic nitrogens is 2. The van der Waals surface area contributed by atoms with Gasteiger partial charge in [0.1, 0.15) is 0 Å². The molecule has 4 N–H and O–H groups in total. The summed E-state index contributed by atoms with van der Waals surface area (Å²) in [6, 6.07) is 0.526. The second kappa shape index (κ2) is 6.24. The topological polar surface area (TPSA) is 80.3 Å². The van der Waals surface area contributed by atoms with Crippen molar-refractivity contribution in [2.24, 2.45) is 10.8 Å². The van der Waals surface area contributed by atoms with E-state index in [2.05, 4.69) is 20.7 Å². The third-order valence-electron chi connectivity index (χ3n) is 3.02. The van der Waals surface area contributed by atoms with Gasteiger partial charge in [0.2, 0.25) is 5.96 Å². The van der Waals surface area contributed by atoms with Gasteiger partial charge in [0, 0.05) is 25.0 Å². The molecule has 0 aliphatic heterocycles. The van der Waals surface area contributed by atoms with Gasteiger partial charge in [0.15, 0.2) is 0 Å². The summed E-state index contributed by atoms with van der Waals surface area (Å²) in [7, 11) is 0. The molecule has 1 aliphatic rings. The van der Waals surface area contributed by atoms with Crippen LogP contribution in [-0.4, -0.2) is 28.1 Å². The Bertz CT molecular complexity index is 339. The van der Waals surface area contributed by atoms with Gasteiger partial charge in [0.25, 0.3) is 0 Å². The van der Waals surface area contributed by atoms with Gasteiger partial charge in [-0.1, -0.05) is 12.8 Å². The summed E-state index contributed by atoms with van der Waals surface area (Å²) in [5.74, 6) is 6.14. The van der Waals surface area contributed by atoms with Crippen molar-refractivity contribution in [3.8, 4) is 0 Å². The first-order valence-electron chi connectivity index (χ1n) is 6.12. The van der Waals surface area contributed by atoms with Gasteiger partial charge in [-0.15, -0.1) is 0 Å². The van der Waals surface area contributed by atoms with Gasteiger partial charge >= 0.3 is 0 Å². The summed E-state index contributed by atoms with van der Waals surface area (Å²) in [4.78, 5) is 8.38. The molecule has 1 heterocycles. The molecule has 6 nitrogen and oxygen atoms in total. The van der Waals surface area contributed by atoms with Crippen LogP contribution in [-0.2, 0) is 6.54 Å². The monoisotopic (exact) mass is 236 g/mol. The molecule has 1 aliphatic carbocycles. The summed E-state index contributed by atoms with van der Waals surface area (Å²) >= 11 is 0. The van der Waals surface area contributed by atoms with Gasteiger partial charge in [-0.3, -0.25) is 10.4 Å². The molecule has 0 radical (unpaired) electrons. The number of rotatable bonds is 4. The van der Waals surface area contributed by atoms with Crippen molar-refractivity contribution in [3.05, 3.63) is 18.7 Å². The quantitative estimate of drug-likeness (QED) is 0.303. The van der Waals surface area contributed by atoms with E-state index in [0.717, 1.165) is 6.54 Å². The number of nitrogens with one attached hydrogen (secondary N) is 2. The first-order valence-corrected chi connectivity index (χ1v) is 6.12. The summed E-state index contributed by atoms with van der Waals surface area (Å²) in [6.07, 6.45) is 10.5. The molecule has 0 unspecified atom stereocenters. The van der Waals surface area contributed by atoms with Crippen LogP contribution in [0.1, 0.15) is 25.7 Å². The number of hydrogen-bond donors (Lipinski definition) is 3. The number of aliphatic imine (C=N–C) groups is 1. The predicted molar refractivity (Wildman–Crippen MR) is 67.2 cm³/mol. The molecule has 1 aromatic rings. The molecule has 6 heteroatoms. The van der Waals surface area contributed by atoms with E-state index in [0.29, 0.717) is 18.5 Å². The number of nitrogens with two attached hydrogens (primary N) is 1. The maximum Gasteiger partial charge on any atom is 0.206 e. The minimum Gasteiger partial charge on any atom is -0.353 e. The molecule has 0 atom stereocenters. The van der Waals surface area contributed by atoms with Gasteiger partial charge in [0.05, 0.1) is 12.9 Å². The number of guanidine groups is 1. The largest absolute Gasteiger partial charge is 0.353 e. The van der Waals surface area contributed by atoms with E-state index in [1.54, 1.807) is 12.5 Å². The molecule has 0 bridgehead atoms. The van der Waals surface area contributed by atoms with Crippen LogP contribution in [0.2, 0.25) is 0 Å². The van der Waals surface area contributed by atoms with Crippen molar-refractivity contribution in [3.63, 3.8) is 0 Å². The molecule has 0 spiro atoms. The Labute approximate surface area is 101 Å². The number of hydrazine groups is 1. The van der Waals surface area contributed by atoms with Gasteiger partial charge in [-0.05, 0) is 12.8 Å². The molecule has 1 saturated carbocycles. The smallest absolute Gasteiger partial charge is 0.206 e. The molecule has 1 fully saturated rings. The maximum absolute atomic E-state index is 5.45. The Morgan fingerprint density at radius 1 is 1.47 bits per heavy atom. The Balaban J connectivity index is 1.76. The Morgan fingerprint density at radius 3 is 2.94 bits per heavy atom. The van der Waals surface area contributed by atoms with Crippen molar-refractivity contribution in [2.45, 2.75) is 38.3 Å². The average Bonchev–Trinajstić information content (AvgIpc) is 3.00. The second-order valence-electron chi connectivity index (χ2n) is 4.30. The number of imidazole rings is 1.